The molecule has 0 spiro atoms. The molecule has 0 fully saturated rings. The molecule has 2 heterocycles. The van der Waals surface area contributed by atoms with E-state index in [-0.39, 0.29) is 50.6 Å². The molecular weight excluding hydrogens is 533 g/mol. The van der Waals surface area contributed by atoms with Crippen molar-refractivity contribution in [1.29, 1.82) is 0 Å². The number of aliphatic hydroxyl groups excluding tert-OH is 2. The van der Waals surface area contributed by atoms with Gasteiger partial charge in [0.15, 0.2) is 0 Å². The number of aliphatic hydroxyl groups is 2. The summed E-state index contributed by atoms with van der Waals surface area (Å²) in [6.45, 7) is -1.08. The average Bonchev–Trinajstić information content (AvgIpc) is 3.29. The van der Waals surface area contributed by atoms with E-state index in [0.29, 0.717) is 6.20 Å². The molecule has 0 aliphatic carbocycles. The number of benzene rings is 1. The Kier molecular flexibility index (Phi) is 8.74. The molecule has 15 heteroatoms. The molecule has 3 aromatic rings. The van der Waals surface area contributed by atoms with Crippen molar-refractivity contribution < 1.29 is 37.4 Å². The summed E-state index contributed by atoms with van der Waals surface area (Å²) in [7, 11) is 1.42. The van der Waals surface area contributed by atoms with E-state index in [0.717, 1.165) is 29.5 Å². The molecule has 3 N–H and O–H groups in total. The summed E-state index contributed by atoms with van der Waals surface area (Å²) >= 11 is 11.8. The molecule has 0 unspecified atom stereocenters. The van der Waals surface area contributed by atoms with Gasteiger partial charge < -0.3 is 15.5 Å². The van der Waals surface area contributed by atoms with Gasteiger partial charge in [-0.3, -0.25) is 14.2 Å². The first kappa shape index (κ1) is 27.6. The molecule has 0 radical (unpaired) electrons. The van der Waals surface area contributed by atoms with Crippen LogP contribution in [0.25, 0.3) is 11.3 Å². The second kappa shape index (κ2) is 11.4. The Balaban J connectivity index is 1.98. The quantitative estimate of drug-likeness (QED) is 0.274. The Morgan fingerprint density at radius 1 is 1.25 bits per heavy atom. The third-order valence-electron chi connectivity index (χ3n) is 4.82. The number of alkyl halides is 3. The maximum Gasteiger partial charge on any atom is 0.489 e. The summed E-state index contributed by atoms with van der Waals surface area (Å²) in [4.78, 5) is 26.1. The highest BCUT2D eigenvalue weighted by molar-refractivity contribution is 6.33. The molecule has 9 nitrogen and oxygen atoms in total. The highest BCUT2D eigenvalue weighted by Gasteiger charge is 2.36. The number of hydroxylamine groups is 1. The summed E-state index contributed by atoms with van der Waals surface area (Å²) in [6.07, 6.45) is -3.23. The van der Waals surface area contributed by atoms with E-state index in [1.165, 1.54) is 13.1 Å². The van der Waals surface area contributed by atoms with Gasteiger partial charge in [-0.05, 0) is 23.8 Å². The number of nitrogens with one attached hydrogen (secondary N) is 1. The minimum Gasteiger partial charge on any atom is -0.394 e. The highest BCUT2D eigenvalue weighted by atomic mass is 35.5. The van der Waals surface area contributed by atoms with Crippen molar-refractivity contribution in [3.05, 3.63) is 63.8 Å². The molecule has 0 saturated heterocycles. The molecule has 1 amide bonds. The van der Waals surface area contributed by atoms with E-state index in [9.17, 15) is 27.5 Å². The van der Waals surface area contributed by atoms with Crippen molar-refractivity contribution >= 4 is 35.1 Å². The van der Waals surface area contributed by atoms with Crippen LogP contribution in [-0.4, -0.2) is 57.5 Å². The first-order chi connectivity index (χ1) is 17.0. The van der Waals surface area contributed by atoms with Crippen LogP contribution >= 0.6 is 23.2 Å². The summed E-state index contributed by atoms with van der Waals surface area (Å²) < 4.78 is 54.6. The summed E-state index contributed by atoms with van der Waals surface area (Å²) in [6, 6.07) is 3.11. The number of carbonyl (C=O) groups excluding carboxylic acids is 1. The molecule has 0 saturated carbocycles. The third kappa shape index (κ3) is 6.23. The van der Waals surface area contributed by atoms with Gasteiger partial charge in [-0.2, -0.15) is 0 Å². The number of carbonyl (C=O) groups is 1. The predicted octanol–water partition coefficient (Wildman–Crippen LogP) is 3.69. The van der Waals surface area contributed by atoms with E-state index in [1.807, 2.05) is 0 Å². The van der Waals surface area contributed by atoms with Crippen LogP contribution in [0, 0.1) is 5.82 Å². The smallest absolute Gasteiger partial charge is 0.394 e. The molecule has 3 rings (SSSR count). The molecule has 0 aliphatic rings. The maximum absolute atomic E-state index is 13.8. The lowest BCUT2D eigenvalue weighted by molar-refractivity contribution is -0.204. The molecule has 2 aromatic heterocycles. The Labute approximate surface area is 211 Å². The SMILES string of the molecule is CN(OCCO)c1ncc(Cl)c(-c2cc(C(=O)N[C@H](CO)c3ccc(F)c(Cl)c3)n(C(F)(F)F)c2)n1. The van der Waals surface area contributed by atoms with Crippen molar-refractivity contribution in [3.63, 3.8) is 0 Å². The fourth-order valence-electron chi connectivity index (χ4n) is 3.12. The maximum atomic E-state index is 13.8. The van der Waals surface area contributed by atoms with Crippen molar-refractivity contribution in [3.8, 4) is 11.3 Å². The number of halogens is 6. The first-order valence-corrected chi connectivity index (χ1v) is 10.9. The topological polar surface area (TPSA) is 113 Å². The van der Waals surface area contributed by atoms with Gasteiger partial charge >= 0.3 is 6.30 Å². The van der Waals surface area contributed by atoms with E-state index < -0.39 is 36.4 Å². The second-order valence-electron chi connectivity index (χ2n) is 7.25. The van der Waals surface area contributed by atoms with Gasteiger partial charge in [0, 0.05) is 18.8 Å². The summed E-state index contributed by atoms with van der Waals surface area (Å²) in [5, 5.41) is 21.5. The van der Waals surface area contributed by atoms with Crippen LogP contribution in [0.15, 0.2) is 36.7 Å². The average molecular weight is 552 g/mol. The number of aromatic nitrogens is 3. The summed E-state index contributed by atoms with van der Waals surface area (Å²) in [5.41, 5.74) is -0.934. The van der Waals surface area contributed by atoms with Gasteiger partial charge in [0.25, 0.3) is 5.91 Å². The van der Waals surface area contributed by atoms with Crippen molar-refractivity contribution in [2.45, 2.75) is 12.3 Å². The number of hydrogen-bond donors (Lipinski definition) is 3. The molecule has 0 bridgehead atoms. The van der Waals surface area contributed by atoms with Gasteiger partial charge in [-0.1, -0.05) is 29.3 Å². The Bertz CT molecular complexity index is 1240. The van der Waals surface area contributed by atoms with Crippen LogP contribution in [0.5, 0.6) is 0 Å². The van der Waals surface area contributed by atoms with Crippen molar-refractivity contribution in [2.24, 2.45) is 0 Å². The van der Waals surface area contributed by atoms with Crippen LogP contribution in [0.4, 0.5) is 23.5 Å². The van der Waals surface area contributed by atoms with Gasteiger partial charge in [0.1, 0.15) is 11.5 Å². The summed E-state index contributed by atoms with van der Waals surface area (Å²) in [5.74, 6) is -2.00. The van der Waals surface area contributed by atoms with E-state index >= 15 is 0 Å². The zero-order chi connectivity index (χ0) is 26.6. The number of rotatable bonds is 9. The molecule has 194 valence electrons. The normalized spacial score (nSPS) is 12.5. The number of hydrogen-bond acceptors (Lipinski definition) is 7. The van der Waals surface area contributed by atoms with Crippen LogP contribution in [0.1, 0.15) is 22.1 Å². The van der Waals surface area contributed by atoms with Crippen molar-refractivity contribution in [2.75, 3.05) is 31.9 Å². The Hall–Kier alpha value is -2.97. The van der Waals surface area contributed by atoms with E-state index in [2.05, 4.69) is 15.3 Å². The third-order valence-corrected chi connectivity index (χ3v) is 5.39. The zero-order valence-electron chi connectivity index (χ0n) is 18.4. The molecule has 1 atom stereocenters. The van der Waals surface area contributed by atoms with Gasteiger partial charge in [-0.25, -0.2) is 19.4 Å². The van der Waals surface area contributed by atoms with Gasteiger partial charge in [0.05, 0.1) is 47.8 Å². The van der Waals surface area contributed by atoms with Gasteiger partial charge in [-0.15, -0.1) is 13.2 Å². The first-order valence-electron chi connectivity index (χ1n) is 10.1. The highest BCUT2D eigenvalue weighted by Crippen LogP contribution is 2.33. The number of amides is 1. The van der Waals surface area contributed by atoms with E-state index in [1.54, 1.807) is 0 Å². The zero-order valence-corrected chi connectivity index (χ0v) is 19.9. The van der Waals surface area contributed by atoms with Crippen LogP contribution in [-0.2, 0) is 11.1 Å². The predicted molar refractivity (Wildman–Crippen MR) is 122 cm³/mol. The largest absolute Gasteiger partial charge is 0.489 e. The van der Waals surface area contributed by atoms with Crippen LogP contribution in [0.3, 0.4) is 0 Å². The standard InChI is InChI=1S/C21H19Cl2F4N5O4/c1-31(36-5-4-33)20-28-8-14(23)18(30-20)12-7-17(32(9-12)21(25,26)27)19(35)29-16(10-34)11-2-3-15(24)13(22)6-11/h2-3,6-9,16,33-34H,4-5,10H2,1H3,(H,29,35)/t16-/m1/s1. The van der Waals surface area contributed by atoms with Gasteiger partial charge in [0.2, 0.25) is 5.95 Å². The lowest BCUT2D eigenvalue weighted by Crippen LogP contribution is -2.34. The fourth-order valence-corrected chi connectivity index (χ4v) is 3.51. The Morgan fingerprint density at radius 3 is 2.58 bits per heavy atom. The monoisotopic (exact) mass is 551 g/mol. The number of anilines is 1. The number of nitrogens with zero attached hydrogens (tertiary/aromatic N) is 4. The Morgan fingerprint density at radius 2 is 1.97 bits per heavy atom. The fraction of sp³-hybridized carbons (Fsp3) is 0.286. The van der Waals surface area contributed by atoms with Crippen LogP contribution < -0.4 is 10.4 Å². The molecule has 0 aliphatic heterocycles. The molecular formula is C21H19Cl2F4N5O4. The van der Waals surface area contributed by atoms with Crippen molar-refractivity contribution in [1.82, 2.24) is 19.9 Å². The lowest BCUT2D eigenvalue weighted by Gasteiger charge is -2.18. The van der Waals surface area contributed by atoms with Crippen LogP contribution in [0.2, 0.25) is 10.0 Å². The molecule has 1 aromatic carbocycles. The second-order valence-corrected chi connectivity index (χ2v) is 8.07. The lowest BCUT2D eigenvalue weighted by atomic mass is 10.1. The minimum absolute atomic E-state index is 0.0675. The molecule has 36 heavy (non-hydrogen) atoms. The van der Waals surface area contributed by atoms with E-state index in [4.69, 9.17) is 33.1 Å². The minimum atomic E-state index is -5.00.